The fraction of sp³-hybridized carbons (Fsp3) is 0.385. The molecule has 1 aromatic carbocycles. The highest BCUT2D eigenvalue weighted by atomic mass is 19.4. The van der Waals surface area contributed by atoms with Crippen LogP contribution in [0.5, 0.6) is 0 Å². The van der Waals surface area contributed by atoms with Crippen molar-refractivity contribution in [1.82, 2.24) is 0 Å². The van der Waals surface area contributed by atoms with Crippen molar-refractivity contribution in [1.29, 1.82) is 0 Å². The number of unbranched alkanes of at least 4 members (excludes halogenated alkanes) is 2. The second-order valence-corrected chi connectivity index (χ2v) is 3.48. The Balaban J connectivity index is 2.67. The van der Waals surface area contributed by atoms with Crippen LogP contribution in [-0.4, -0.2) is 0 Å². The predicted molar refractivity (Wildman–Crippen MR) is 57.8 cm³/mol. The van der Waals surface area contributed by atoms with Gasteiger partial charge in [-0.3, -0.25) is 0 Å². The molecule has 16 heavy (non-hydrogen) atoms. The lowest BCUT2D eigenvalue weighted by Gasteiger charge is -2.05. The van der Waals surface area contributed by atoms with Crippen LogP contribution >= 0.6 is 0 Å². The maximum Gasteiger partial charge on any atom is 0.416 e. The topological polar surface area (TPSA) is 0 Å². The molecular weight excluding hydrogens is 213 g/mol. The van der Waals surface area contributed by atoms with E-state index in [-0.39, 0.29) is 0 Å². The molecule has 3 heteroatoms. The second kappa shape index (κ2) is 5.60. The minimum Gasteiger partial charge on any atom is -0.166 e. The number of hydrogen-bond acceptors (Lipinski definition) is 0. The first-order valence-corrected chi connectivity index (χ1v) is 5.20. The fourth-order valence-corrected chi connectivity index (χ4v) is 1.17. The molecule has 0 unspecified atom stereocenters. The van der Waals surface area contributed by atoms with Gasteiger partial charge in [-0.2, -0.15) is 13.2 Å². The van der Waals surface area contributed by atoms with Gasteiger partial charge in [-0.15, -0.1) is 0 Å². The first-order valence-electron chi connectivity index (χ1n) is 5.20. The third-order valence-electron chi connectivity index (χ3n) is 2.10. The molecule has 0 atom stereocenters. The van der Waals surface area contributed by atoms with Crippen molar-refractivity contribution in [3.63, 3.8) is 0 Å². The lowest BCUT2D eigenvalue weighted by Crippen LogP contribution is -2.04. The molecule has 1 rings (SSSR count). The van der Waals surface area contributed by atoms with Gasteiger partial charge in [0.15, 0.2) is 0 Å². The van der Waals surface area contributed by atoms with Crippen LogP contribution in [-0.2, 0) is 6.18 Å². The van der Waals surface area contributed by atoms with Gasteiger partial charge in [0, 0.05) is 12.0 Å². The Kier molecular flexibility index (Phi) is 4.42. The van der Waals surface area contributed by atoms with Gasteiger partial charge in [0.1, 0.15) is 0 Å². The summed E-state index contributed by atoms with van der Waals surface area (Å²) in [6, 6.07) is 4.93. The Morgan fingerprint density at radius 1 is 1.12 bits per heavy atom. The molecule has 0 aromatic heterocycles. The van der Waals surface area contributed by atoms with E-state index < -0.39 is 11.7 Å². The predicted octanol–water partition coefficient (Wildman–Crippen LogP) is 4.25. The molecule has 0 bridgehead atoms. The summed E-state index contributed by atoms with van der Waals surface area (Å²) in [5, 5.41) is 0. The highest BCUT2D eigenvalue weighted by molar-refractivity contribution is 5.36. The third kappa shape index (κ3) is 3.98. The van der Waals surface area contributed by atoms with Gasteiger partial charge in [0.2, 0.25) is 0 Å². The Morgan fingerprint density at radius 3 is 2.25 bits per heavy atom. The van der Waals surface area contributed by atoms with Crippen molar-refractivity contribution in [2.75, 3.05) is 0 Å². The number of rotatable bonds is 2. The number of alkyl halides is 3. The summed E-state index contributed by atoms with van der Waals surface area (Å²) in [5.41, 5.74) is -0.00397. The summed E-state index contributed by atoms with van der Waals surface area (Å²) in [5.74, 6) is 5.77. The zero-order valence-electron chi connectivity index (χ0n) is 9.06. The molecule has 0 nitrogen and oxygen atoms in total. The molecule has 0 aliphatic rings. The zero-order chi connectivity index (χ0) is 12.0. The van der Waals surface area contributed by atoms with Gasteiger partial charge in [0.05, 0.1) is 5.56 Å². The van der Waals surface area contributed by atoms with Crippen LogP contribution in [0.1, 0.15) is 37.3 Å². The first kappa shape index (κ1) is 12.6. The smallest absolute Gasteiger partial charge is 0.166 e. The van der Waals surface area contributed by atoms with Gasteiger partial charge < -0.3 is 0 Å². The maximum atomic E-state index is 12.2. The van der Waals surface area contributed by atoms with E-state index in [1.165, 1.54) is 12.1 Å². The Hall–Kier alpha value is -1.43. The monoisotopic (exact) mass is 226 g/mol. The van der Waals surface area contributed by atoms with E-state index in [9.17, 15) is 13.2 Å². The highest BCUT2D eigenvalue weighted by Crippen LogP contribution is 2.28. The highest BCUT2D eigenvalue weighted by Gasteiger charge is 2.29. The maximum absolute atomic E-state index is 12.2. The van der Waals surface area contributed by atoms with Crippen LogP contribution in [0.25, 0.3) is 0 Å². The van der Waals surface area contributed by atoms with Crippen LogP contribution in [0.4, 0.5) is 13.2 Å². The third-order valence-corrected chi connectivity index (χ3v) is 2.10. The minimum absolute atomic E-state index is 0.629. The summed E-state index contributed by atoms with van der Waals surface area (Å²) >= 11 is 0. The molecule has 1 aromatic rings. The first-order chi connectivity index (χ1) is 7.54. The molecule has 0 saturated heterocycles. The average molecular weight is 226 g/mol. The molecule has 86 valence electrons. The standard InChI is InChI=1S/C13H13F3/c1-2-3-4-5-6-11-7-9-12(10-8-11)13(14,15)16/h7-10H,2-4H2,1H3. The summed E-state index contributed by atoms with van der Waals surface area (Å²) in [6.45, 7) is 2.07. The quantitative estimate of drug-likeness (QED) is 0.522. The van der Waals surface area contributed by atoms with E-state index in [4.69, 9.17) is 0 Å². The Bertz CT molecular complexity index is 376. The van der Waals surface area contributed by atoms with Crippen molar-refractivity contribution in [3.8, 4) is 11.8 Å². The van der Waals surface area contributed by atoms with Gasteiger partial charge in [-0.1, -0.05) is 25.2 Å². The van der Waals surface area contributed by atoms with Gasteiger partial charge in [-0.25, -0.2) is 0 Å². The van der Waals surface area contributed by atoms with Crippen molar-refractivity contribution in [2.45, 2.75) is 32.4 Å². The van der Waals surface area contributed by atoms with Crippen LogP contribution in [0.15, 0.2) is 24.3 Å². The summed E-state index contributed by atoms with van der Waals surface area (Å²) < 4.78 is 36.7. The normalized spacial score (nSPS) is 10.8. The zero-order valence-corrected chi connectivity index (χ0v) is 9.06. The number of halogens is 3. The number of benzene rings is 1. The van der Waals surface area contributed by atoms with E-state index in [1.807, 2.05) is 0 Å². The molecular formula is C13H13F3. The number of hydrogen-bond donors (Lipinski definition) is 0. The van der Waals surface area contributed by atoms with Crippen LogP contribution < -0.4 is 0 Å². The van der Waals surface area contributed by atoms with Crippen molar-refractivity contribution in [3.05, 3.63) is 35.4 Å². The van der Waals surface area contributed by atoms with E-state index in [1.54, 1.807) is 0 Å². The molecule has 0 amide bonds. The van der Waals surface area contributed by atoms with Crippen molar-refractivity contribution < 1.29 is 13.2 Å². The molecule has 0 spiro atoms. The van der Waals surface area contributed by atoms with Crippen LogP contribution in [0.3, 0.4) is 0 Å². The van der Waals surface area contributed by atoms with E-state index in [2.05, 4.69) is 18.8 Å². The molecule has 0 aliphatic heterocycles. The molecule has 0 aliphatic carbocycles. The lowest BCUT2D eigenvalue weighted by molar-refractivity contribution is -0.137. The average Bonchev–Trinajstić information content (AvgIpc) is 2.24. The summed E-state index contributed by atoms with van der Waals surface area (Å²) in [7, 11) is 0. The minimum atomic E-state index is -4.27. The lowest BCUT2D eigenvalue weighted by atomic mass is 10.1. The van der Waals surface area contributed by atoms with Crippen LogP contribution in [0, 0.1) is 11.8 Å². The van der Waals surface area contributed by atoms with Crippen LogP contribution in [0.2, 0.25) is 0 Å². The van der Waals surface area contributed by atoms with Gasteiger partial charge in [-0.05, 0) is 30.7 Å². The largest absolute Gasteiger partial charge is 0.416 e. The summed E-state index contributed by atoms with van der Waals surface area (Å²) in [6.07, 6.45) is -1.39. The Morgan fingerprint density at radius 2 is 1.75 bits per heavy atom. The van der Waals surface area contributed by atoms with Crippen molar-refractivity contribution in [2.24, 2.45) is 0 Å². The van der Waals surface area contributed by atoms with E-state index >= 15 is 0 Å². The fourth-order valence-electron chi connectivity index (χ4n) is 1.17. The molecule has 0 fully saturated rings. The van der Waals surface area contributed by atoms with E-state index in [0.29, 0.717) is 5.56 Å². The molecule has 0 N–H and O–H groups in total. The van der Waals surface area contributed by atoms with E-state index in [0.717, 1.165) is 31.4 Å². The summed E-state index contributed by atoms with van der Waals surface area (Å²) in [4.78, 5) is 0. The molecule has 0 heterocycles. The van der Waals surface area contributed by atoms with Gasteiger partial charge >= 0.3 is 6.18 Å². The Labute approximate surface area is 93.5 Å². The van der Waals surface area contributed by atoms with Crippen molar-refractivity contribution >= 4 is 0 Å². The van der Waals surface area contributed by atoms with Gasteiger partial charge in [0.25, 0.3) is 0 Å². The molecule has 0 radical (unpaired) electrons. The SMILES string of the molecule is CCCCC#Cc1ccc(C(F)(F)F)cc1. The molecule has 0 saturated carbocycles. The second-order valence-electron chi connectivity index (χ2n) is 3.48.